The lowest BCUT2D eigenvalue weighted by molar-refractivity contribution is -0.131. The van der Waals surface area contributed by atoms with E-state index in [1.807, 2.05) is 6.92 Å². The fraction of sp³-hybridized carbons (Fsp3) is 0.909. The molecule has 0 N–H and O–H groups in total. The van der Waals surface area contributed by atoms with Crippen LogP contribution < -0.4 is 0 Å². The number of halogens is 1. The number of alkyl halides is 1. The minimum atomic E-state index is 0.0226. The molecule has 1 rings (SSSR count). The molecule has 0 aliphatic carbocycles. The number of carbonyl (C=O) groups excluding carboxylic acids is 1. The number of hydrogen-bond acceptors (Lipinski definition) is 3. The second-order valence-electron chi connectivity index (χ2n) is 3.78. The lowest BCUT2D eigenvalue weighted by atomic mass is 10.1. The summed E-state index contributed by atoms with van der Waals surface area (Å²) < 4.78 is 10.8. The normalized spacial score (nSPS) is 17.8. The average Bonchev–Trinajstić information content (AvgIpc) is 2.34. The number of carbonyl (C=O) groups is 1. The van der Waals surface area contributed by atoms with Crippen LogP contribution in [0.5, 0.6) is 0 Å². The number of piperidine rings is 1. The molecule has 1 aliphatic heterocycles. The highest BCUT2D eigenvalue weighted by Crippen LogP contribution is 2.13. The number of ether oxygens (including phenoxy) is 2. The predicted octanol–water partition coefficient (Wildman–Crippen LogP) is 1.27. The third-order valence-corrected chi connectivity index (χ3v) is 2.92. The number of hydrogen-bond donors (Lipinski definition) is 0. The largest absolute Gasteiger partial charge is 0.379 e. The Kier molecular flexibility index (Phi) is 6.76. The molecule has 0 saturated carbocycles. The van der Waals surface area contributed by atoms with E-state index in [4.69, 9.17) is 21.1 Å². The molecule has 1 aliphatic rings. The van der Waals surface area contributed by atoms with E-state index in [0.29, 0.717) is 13.2 Å². The predicted molar refractivity (Wildman–Crippen MR) is 62.8 cm³/mol. The van der Waals surface area contributed by atoms with E-state index < -0.39 is 0 Å². The summed E-state index contributed by atoms with van der Waals surface area (Å²) >= 11 is 5.50. The second kappa shape index (κ2) is 7.87. The van der Waals surface area contributed by atoms with Crippen LogP contribution >= 0.6 is 11.6 Å². The van der Waals surface area contributed by atoms with Crippen molar-refractivity contribution in [2.45, 2.75) is 25.9 Å². The summed E-state index contributed by atoms with van der Waals surface area (Å²) in [5.41, 5.74) is 0. The molecule has 0 aromatic rings. The zero-order valence-electron chi connectivity index (χ0n) is 9.78. The second-order valence-corrected chi connectivity index (χ2v) is 4.05. The van der Waals surface area contributed by atoms with Crippen LogP contribution in [0.25, 0.3) is 0 Å². The third-order valence-electron chi connectivity index (χ3n) is 2.69. The summed E-state index contributed by atoms with van der Waals surface area (Å²) in [6, 6.07) is 0. The van der Waals surface area contributed by atoms with Crippen LogP contribution in [-0.2, 0) is 14.3 Å². The molecule has 5 heteroatoms. The van der Waals surface area contributed by atoms with Crippen molar-refractivity contribution in [1.82, 2.24) is 4.90 Å². The smallest absolute Gasteiger partial charge is 0.237 e. The highest BCUT2D eigenvalue weighted by Gasteiger charge is 2.22. The van der Waals surface area contributed by atoms with Gasteiger partial charge in [-0.15, -0.1) is 11.6 Å². The lowest BCUT2D eigenvalue weighted by Crippen LogP contribution is -2.41. The first-order valence-corrected chi connectivity index (χ1v) is 6.34. The van der Waals surface area contributed by atoms with Crippen LogP contribution in [0.2, 0.25) is 0 Å². The van der Waals surface area contributed by atoms with Gasteiger partial charge in [-0.3, -0.25) is 4.79 Å². The Balaban J connectivity index is 2.10. The van der Waals surface area contributed by atoms with Crippen molar-refractivity contribution in [3.05, 3.63) is 0 Å². The van der Waals surface area contributed by atoms with Gasteiger partial charge in [0.25, 0.3) is 0 Å². The van der Waals surface area contributed by atoms with Gasteiger partial charge in [-0.25, -0.2) is 0 Å². The summed E-state index contributed by atoms with van der Waals surface area (Å²) in [7, 11) is 0. The van der Waals surface area contributed by atoms with Crippen LogP contribution in [0, 0.1) is 0 Å². The molecule has 0 bridgehead atoms. The molecule has 0 spiro atoms. The first-order valence-electron chi connectivity index (χ1n) is 5.81. The van der Waals surface area contributed by atoms with E-state index >= 15 is 0 Å². The summed E-state index contributed by atoms with van der Waals surface area (Å²) in [6.45, 7) is 5.50. The van der Waals surface area contributed by atoms with E-state index in [-0.39, 0.29) is 17.9 Å². The quantitative estimate of drug-likeness (QED) is 0.526. The molecule has 1 saturated heterocycles. The molecule has 1 amide bonds. The molecule has 0 unspecified atom stereocenters. The molecular formula is C11H20ClNO3. The Morgan fingerprint density at radius 2 is 2.06 bits per heavy atom. The van der Waals surface area contributed by atoms with Gasteiger partial charge in [0.1, 0.15) is 5.88 Å². The Morgan fingerprint density at radius 1 is 1.38 bits per heavy atom. The van der Waals surface area contributed by atoms with Crippen LogP contribution in [0.4, 0.5) is 0 Å². The molecule has 0 aromatic heterocycles. The third kappa shape index (κ3) is 4.68. The molecule has 0 atom stereocenters. The highest BCUT2D eigenvalue weighted by atomic mass is 35.5. The Bertz CT molecular complexity index is 205. The molecule has 1 heterocycles. The van der Waals surface area contributed by atoms with Gasteiger partial charge in [-0.1, -0.05) is 0 Å². The lowest BCUT2D eigenvalue weighted by Gasteiger charge is -2.31. The van der Waals surface area contributed by atoms with Gasteiger partial charge in [-0.2, -0.15) is 0 Å². The molecule has 94 valence electrons. The van der Waals surface area contributed by atoms with Crippen LogP contribution in [0.15, 0.2) is 0 Å². The molecule has 16 heavy (non-hydrogen) atoms. The minimum Gasteiger partial charge on any atom is -0.379 e. The average molecular weight is 250 g/mol. The Morgan fingerprint density at radius 3 is 2.62 bits per heavy atom. The highest BCUT2D eigenvalue weighted by molar-refractivity contribution is 6.27. The minimum absolute atomic E-state index is 0.0226. The van der Waals surface area contributed by atoms with Gasteiger partial charge in [0, 0.05) is 19.7 Å². The van der Waals surface area contributed by atoms with Gasteiger partial charge in [0.15, 0.2) is 0 Å². The first-order chi connectivity index (χ1) is 7.77. The molecule has 4 nitrogen and oxygen atoms in total. The van der Waals surface area contributed by atoms with Crippen molar-refractivity contribution in [2.24, 2.45) is 0 Å². The number of nitrogens with zero attached hydrogens (tertiary/aromatic N) is 1. The number of amides is 1. The topological polar surface area (TPSA) is 38.8 Å². The van der Waals surface area contributed by atoms with Gasteiger partial charge >= 0.3 is 0 Å². The summed E-state index contributed by atoms with van der Waals surface area (Å²) in [5, 5.41) is 0. The van der Waals surface area contributed by atoms with Gasteiger partial charge in [0.05, 0.1) is 19.3 Å². The van der Waals surface area contributed by atoms with Crippen molar-refractivity contribution in [3.63, 3.8) is 0 Å². The van der Waals surface area contributed by atoms with Gasteiger partial charge in [0.2, 0.25) is 5.91 Å². The monoisotopic (exact) mass is 249 g/mol. The van der Waals surface area contributed by atoms with E-state index in [9.17, 15) is 4.79 Å². The van der Waals surface area contributed by atoms with E-state index in [2.05, 4.69) is 0 Å². The fourth-order valence-corrected chi connectivity index (χ4v) is 1.94. The Hall–Kier alpha value is -0.320. The summed E-state index contributed by atoms with van der Waals surface area (Å²) in [5.74, 6) is 0.102. The number of likely N-dealkylation sites (tertiary alicyclic amines) is 1. The van der Waals surface area contributed by atoms with Crippen LogP contribution in [-0.4, -0.2) is 55.7 Å². The standard InChI is InChI=1S/C11H20ClNO3/c1-2-15-7-8-16-10-3-5-13(6-4-10)11(14)9-12/h10H,2-9H2,1H3. The van der Waals surface area contributed by atoms with Gasteiger partial charge < -0.3 is 14.4 Å². The molecular weight excluding hydrogens is 230 g/mol. The summed E-state index contributed by atoms with van der Waals surface area (Å²) in [6.07, 6.45) is 2.06. The first kappa shape index (κ1) is 13.7. The van der Waals surface area contributed by atoms with Crippen molar-refractivity contribution < 1.29 is 14.3 Å². The molecule has 0 radical (unpaired) electrons. The van der Waals surface area contributed by atoms with E-state index in [1.165, 1.54) is 0 Å². The maximum atomic E-state index is 11.3. The van der Waals surface area contributed by atoms with Gasteiger partial charge in [-0.05, 0) is 19.8 Å². The van der Waals surface area contributed by atoms with Crippen LogP contribution in [0.3, 0.4) is 0 Å². The zero-order valence-corrected chi connectivity index (χ0v) is 10.5. The maximum absolute atomic E-state index is 11.3. The Labute approximate surface area is 102 Å². The van der Waals surface area contributed by atoms with Crippen molar-refractivity contribution in [2.75, 3.05) is 38.8 Å². The van der Waals surface area contributed by atoms with Crippen molar-refractivity contribution in [1.29, 1.82) is 0 Å². The summed E-state index contributed by atoms with van der Waals surface area (Å²) in [4.78, 5) is 13.1. The van der Waals surface area contributed by atoms with E-state index in [0.717, 1.165) is 32.5 Å². The van der Waals surface area contributed by atoms with Crippen molar-refractivity contribution in [3.8, 4) is 0 Å². The number of rotatable bonds is 6. The maximum Gasteiger partial charge on any atom is 0.237 e. The molecule has 0 aromatic carbocycles. The van der Waals surface area contributed by atoms with Crippen LogP contribution in [0.1, 0.15) is 19.8 Å². The van der Waals surface area contributed by atoms with Crippen molar-refractivity contribution >= 4 is 17.5 Å². The fourth-order valence-electron chi connectivity index (χ4n) is 1.77. The molecule has 1 fully saturated rings. The van der Waals surface area contributed by atoms with E-state index in [1.54, 1.807) is 4.90 Å². The zero-order chi connectivity index (χ0) is 11.8. The SMILES string of the molecule is CCOCCOC1CCN(C(=O)CCl)CC1.